The number of thiophene rings is 1. The van der Waals surface area contributed by atoms with Crippen molar-refractivity contribution in [1.29, 1.82) is 0 Å². The van der Waals surface area contributed by atoms with E-state index >= 15 is 0 Å². The van der Waals surface area contributed by atoms with Crippen LogP contribution in [0.15, 0.2) is 71.3 Å². The molecule has 9 heteroatoms. The first kappa shape index (κ1) is 23.1. The van der Waals surface area contributed by atoms with Gasteiger partial charge in [0, 0.05) is 0 Å². The molecule has 0 saturated carbocycles. The Bertz CT molecular complexity index is 1440. The van der Waals surface area contributed by atoms with Crippen LogP contribution in [0.2, 0.25) is 0 Å². The average molecular weight is 507 g/mol. The maximum Gasteiger partial charge on any atom is 0.296 e. The number of thiazole rings is 1. The maximum atomic E-state index is 13.5. The van der Waals surface area contributed by atoms with Crippen LogP contribution in [-0.4, -0.2) is 35.5 Å². The molecular weight excluding hydrogens is 484 g/mol. The third-order valence-corrected chi connectivity index (χ3v) is 7.52. The maximum absolute atomic E-state index is 13.5. The van der Waals surface area contributed by atoms with Crippen molar-refractivity contribution in [3.63, 3.8) is 0 Å². The van der Waals surface area contributed by atoms with Crippen LogP contribution in [-0.2, 0) is 4.79 Å². The molecule has 0 fully saturated rings. The number of amides is 1. The lowest BCUT2D eigenvalue weighted by atomic mass is 9.95. The number of Topliss-reactive ketones (excluding diaryl/α,β-unsaturated/α-hetero) is 1. The summed E-state index contributed by atoms with van der Waals surface area (Å²) in [5.41, 5.74) is 1.37. The van der Waals surface area contributed by atoms with Crippen LogP contribution in [0.1, 0.15) is 34.6 Å². The van der Waals surface area contributed by atoms with Gasteiger partial charge in [0.2, 0.25) is 5.78 Å². The van der Waals surface area contributed by atoms with E-state index in [0.717, 1.165) is 11.1 Å². The summed E-state index contributed by atoms with van der Waals surface area (Å²) in [7, 11) is 1.58. The fourth-order valence-corrected chi connectivity index (χ4v) is 5.71. The molecule has 3 heterocycles. The van der Waals surface area contributed by atoms with E-state index in [1.54, 1.807) is 36.8 Å². The molecule has 0 aliphatic carbocycles. The number of aliphatic hydroxyl groups is 1. The summed E-state index contributed by atoms with van der Waals surface area (Å²) in [6.45, 7) is 2.56. The number of nitrogens with zero attached hydrogens (tertiary/aromatic N) is 2. The number of aliphatic hydroxyl groups excluding tert-OH is 1. The van der Waals surface area contributed by atoms with Gasteiger partial charge in [0.05, 0.1) is 40.4 Å². The highest BCUT2D eigenvalue weighted by atomic mass is 32.1. The van der Waals surface area contributed by atoms with E-state index < -0.39 is 17.7 Å². The number of ketones is 1. The number of aromatic nitrogens is 1. The van der Waals surface area contributed by atoms with Crippen molar-refractivity contribution in [3.8, 4) is 11.5 Å². The minimum atomic E-state index is -0.857. The summed E-state index contributed by atoms with van der Waals surface area (Å²) in [5, 5.41) is 13.1. The second kappa shape index (κ2) is 9.52. The lowest BCUT2D eigenvalue weighted by molar-refractivity contribution is -0.117. The number of rotatable bonds is 8. The molecule has 1 aliphatic rings. The molecule has 2 aromatic carbocycles. The second-order valence-corrected chi connectivity index (χ2v) is 9.85. The lowest BCUT2D eigenvalue weighted by Crippen LogP contribution is -2.30. The highest BCUT2D eigenvalue weighted by Crippen LogP contribution is 2.45. The summed E-state index contributed by atoms with van der Waals surface area (Å²) in [6, 6.07) is 15.3. The first-order valence-corrected chi connectivity index (χ1v) is 12.7. The van der Waals surface area contributed by atoms with E-state index in [9.17, 15) is 14.7 Å². The van der Waals surface area contributed by atoms with Gasteiger partial charge in [-0.15, -0.1) is 11.3 Å². The van der Waals surface area contributed by atoms with Crippen LogP contribution >= 0.6 is 22.7 Å². The van der Waals surface area contributed by atoms with E-state index in [2.05, 4.69) is 4.98 Å². The van der Waals surface area contributed by atoms with E-state index in [4.69, 9.17) is 9.47 Å². The normalized spacial score (nSPS) is 15.8. The van der Waals surface area contributed by atoms with Crippen LogP contribution in [0.4, 0.5) is 5.13 Å². The number of fused-ring (bicyclic) bond motifs is 1. The highest BCUT2D eigenvalue weighted by molar-refractivity contribution is 7.22. The standard InChI is InChI=1S/C26H22N2O5S2/c1-3-11-33-17-7-4-6-15(13-17)22-21(23(29)19-8-5-12-34-19)24(30)25(31)28(22)26-27-18-10-9-16(32-2)14-20(18)35-26/h4-10,12-14,22,30H,3,11H2,1-2H3/t22-/m1/s1. The molecule has 5 rings (SSSR count). The molecule has 1 amide bonds. The fourth-order valence-electron chi connectivity index (χ4n) is 4.01. The number of methoxy groups -OCH3 is 1. The third-order valence-electron chi connectivity index (χ3n) is 5.63. The minimum absolute atomic E-state index is 0.0296. The number of anilines is 1. The number of carbonyl (C=O) groups excluding carboxylic acids is 2. The number of benzene rings is 2. The second-order valence-electron chi connectivity index (χ2n) is 7.90. The molecule has 0 radical (unpaired) electrons. The Kier molecular flexibility index (Phi) is 6.27. The number of ether oxygens (including phenoxy) is 2. The van der Waals surface area contributed by atoms with Gasteiger partial charge in [0.15, 0.2) is 10.9 Å². The zero-order chi connectivity index (χ0) is 24.5. The van der Waals surface area contributed by atoms with E-state index in [1.807, 2.05) is 37.3 Å². The summed E-state index contributed by atoms with van der Waals surface area (Å²) in [6.07, 6.45) is 0.843. The smallest absolute Gasteiger partial charge is 0.296 e. The van der Waals surface area contributed by atoms with Crippen molar-refractivity contribution in [1.82, 2.24) is 4.98 Å². The molecule has 7 nitrogen and oxygen atoms in total. The van der Waals surface area contributed by atoms with E-state index in [-0.39, 0.29) is 11.4 Å². The number of hydrogen-bond donors (Lipinski definition) is 1. The zero-order valence-corrected chi connectivity index (χ0v) is 20.7. The van der Waals surface area contributed by atoms with Crippen LogP contribution in [0.3, 0.4) is 0 Å². The van der Waals surface area contributed by atoms with Gasteiger partial charge >= 0.3 is 0 Å². The Labute approximate surface area is 209 Å². The summed E-state index contributed by atoms with van der Waals surface area (Å²) in [4.78, 5) is 33.4. The Morgan fingerprint density at radius 3 is 2.74 bits per heavy atom. The summed E-state index contributed by atoms with van der Waals surface area (Å²) < 4.78 is 11.9. The first-order valence-electron chi connectivity index (χ1n) is 11.0. The predicted molar refractivity (Wildman–Crippen MR) is 137 cm³/mol. The van der Waals surface area contributed by atoms with Gasteiger partial charge in [-0.3, -0.25) is 14.5 Å². The topological polar surface area (TPSA) is 89.0 Å². The molecule has 4 aromatic rings. The molecule has 2 aromatic heterocycles. The minimum Gasteiger partial charge on any atom is -0.503 e. The molecule has 178 valence electrons. The van der Waals surface area contributed by atoms with Gasteiger partial charge < -0.3 is 14.6 Å². The van der Waals surface area contributed by atoms with Crippen LogP contribution < -0.4 is 14.4 Å². The van der Waals surface area contributed by atoms with Crippen molar-refractivity contribution in [2.75, 3.05) is 18.6 Å². The lowest BCUT2D eigenvalue weighted by Gasteiger charge is -2.24. The third kappa shape index (κ3) is 4.17. The first-order chi connectivity index (χ1) is 17.0. The molecule has 1 aliphatic heterocycles. The van der Waals surface area contributed by atoms with Crippen LogP contribution in [0.5, 0.6) is 11.5 Å². The Balaban J connectivity index is 1.65. The SMILES string of the molecule is CCCOc1cccc([C@@H]2C(C(=O)c3cccs3)=C(O)C(=O)N2c2nc3ccc(OC)cc3s2)c1. The molecular formula is C26H22N2O5S2. The summed E-state index contributed by atoms with van der Waals surface area (Å²) >= 11 is 2.56. The van der Waals surface area contributed by atoms with Crippen molar-refractivity contribution in [2.24, 2.45) is 0 Å². The zero-order valence-electron chi connectivity index (χ0n) is 19.1. The Hall–Kier alpha value is -3.69. The molecule has 0 unspecified atom stereocenters. The van der Waals surface area contributed by atoms with E-state index in [1.165, 1.54) is 27.6 Å². The Morgan fingerprint density at radius 1 is 1.14 bits per heavy atom. The van der Waals surface area contributed by atoms with Gasteiger partial charge in [0.1, 0.15) is 11.5 Å². The number of hydrogen-bond acceptors (Lipinski definition) is 8. The summed E-state index contributed by atoms with van der Waals surface area (Å²) in [5.74, 6) is -0.320. The predicted octanol–water partition coefficient (Wildman–Crippen LogP) is 5.94. The molecule has 0 spiro atoms. The van der Waals surface area contributed by atoms with Gasteiger partial charge in [-0.05, 0) is 53.8 Å². The molecule has 35 heavy (non-hydrogen) atoms. The van der Waals surface area contributed by atoms with Crippen molar-refractivity contribution >= 4 is 49.7 Å². The fraction of sp³-hybridized carbons (Fsp3) is 0.192. The van der Waals surface area contributed by atoms with Crippen molar-refractivity contribution in [3.05, 3.63) is 81.8 Å². The van der Waals surface area contributed by atoms with Gasteiger partial charge in [-0.1, -0.05) is 36.5 Å². The van der Waals surface area contributed by atoms with E-state index in [0.29, 0.717) is 39.2 Å². The van der Waals surface area contributed by atoms with Crippen LogP contribution in [0.25, 0.3) is 10.2 Å². The molecule has 0 bridgehead atoms. The van der Waals surface area contributed by atoms with Gasteiger partial charge in [0.25, 0.3) is 5.91 Å². The van der Waals surface area contributed by atoms with Crippen molar-refractivity contribution < 1.29 is 24.2 Å². The van der Waals surface area contributed by atoms with Crippen LogP contribution in [0, 0.1) is 0 Å². The largest absolute Gasteiger partial charge is 0.503 e. The quantitative estimate of drug-likeness (QED) is 0.298. The van der Waals surface area contributed by atoms with Gasteiger partial charge in [-0.2, -0.15) is 0 Å². The molecule has 1 atom stereocenters. The molecule has 0 saturated heterocycles. The number of carbonyl (C=O) groups is 2. The van der Waals surface area contributed by atoms with Gasteiger partial charge in [-0.25, -0.2) is 4.98 Å². The average Bonchev–Trinajstić information content (AvgIpc) is 3.61. The monoisotopic (exact) mass is 506 g/mol. The highest BCUT2D eigenvalue weighted by Gasteiger charge is 2.46. The van der Waals surface area contributed by atoms with Crippen molar-refractivity contribution in [2.45, 2.75) is 19.4 Å². The molecule has 1 N–H and O–H groups in total. The Morgan fingerprint density at radius 2 is 2.00 bits per heavy atom.